The van der Waals surface area contributed by atoms with Crippen LogP contribution in [0.4, 0.5) is 0 Å². The number of hydrogen-bond donors (Lipinski definition) is 1. The van der Waals surface area contributed by atoms with E-state index in [1.165, 1.54) is 16.8 Å². The van der Waals surface area contributed by atoms with Crippen molar-refractivity contribution in [2.75, 3.05) is 19.7 Å². The number of furan rings is 1. The first kappa shape index (κ1) is 21.1. The predicted octanol–water partition coefficient (Wildman–Crippen LogP) is 4.00. The molecule has 0 spiro atoms. The summed E-state index contributed by atoms with van der Waals surface area (Å²) in [4.78, 5) is 2.18. The normalized spacial score (nSPS) is 12.4. The van der Waals surface area contributed by atoms with Gasteiger partial charge in [-0.25, -0.2) is 0 Å². The van der Waals surface area contributed by atoms with Gasteiger partial charge in [-0.2, -0.15) is 0 Å². The van der Waals surface area contributed by atoms with E-state index in [1.807, 2.05) is 18.2 Å². The summed E-state index contributed by atoms with van der Waals surface area (Å²) in [5.74, 6) is 0.759. The lowest BCUT2D eigenvalue weighted by atomic mass is 10.1. The van der Waals surface area contributed by atoms with Crippen molar-refractivity contribution in [3.8, 4) is 0 Å². The number of rotatable bonds is 12. The van der Waals surface area contributed by atoms with Crippen LogP contribution in [0.2, 0.25) is 0 Å². The van der Waals surface area contributed by atoms with Crippen LogP contribution in [0.15, 0.2) is 78.1 Å². The molecule has 0 unspecified atom stereocenters. The average molecular weight is 395 g/mol. The first-order valence-electron chi connectivity index (χ1n) is 9.95. The molecule has 0 saturated carbocycles. The Hall–Kier alpha value is -2.60. The van der Waals surface area contributed by atoms with E-state index >= 15 is 0 Å². The van der Waals surface area contributed by atoms with Gasteiger partial charge in [-0.15, -0.1) is 6.58 Å². The van der Waals surface area contributed by atoms with Crippen molar-refractivity contribution in [3.05, 3.63) is 96.2 Å². The van der Waals surface area contributed by atoms with Crippen molar-refractivity contribution in [1.82, 2.24) is 9.47 Å². The molecule has 0 saturated heterocycles. The number of aryl methyl sites for hydroxylation is 1. The predicted molar refractivity (Wildman–Crippen MR) is 115 cm³/mol. The smallest absolute Gasteiger partial charge is 0.129 e. The molecule has 1 atom stereocenters. The van der Waals surface area contributed by atoms with Gasteiger partial charge in [0.15, 0.2) is 0 Å². The van der Waals surface area contributed by atoms with Gasteiger partial charge in [0.1, 0.15) is 12.4 Å². The highest BCUT2D eigenvalue weighted by Gasteiger charge is 2.14. The van der Waals surface area contributed by atoms with E-state index in [1.54, 1.807) is 6.26 Å². The lowest BCUT2D eigenvalue weighted by Gasteiger charge is -2.24. The van der Waals surface area contributed by atoms with Gasteiger partial charge in [0.05, 0.1) is 19.0 Å². The highest BCUT2D eigenvalue weighted by Crippen LogP contribution is 2.14. The summed E-state index contributed by atoms with van der Waals surface area (Å²) >= 11 is 0. The van der Waals surface area contributed by atoms with Crippen molar-refractivity contribution in [2.24, 2.45) is 0 Å². The highest BCUT2D eigenvalue weighted by atomic mass is 16.5. The number of hydrogen-bond acceptors (Lipinski definition) is 4. The fourth-order valence-electron chi connectivity index (χ4n) is 3.37. The van der Waals surface area contributed by atoms with Gasteiger partial charge in [0.25, 0.3) is 0 Å². The summed E-state index contributed by atoms with van der Waals surface area (Å²) < 4.78 is 13.1. The van der Waals surface area contributed by atoms with E-state index in [0.717, 1.165) is 18.8 Å². The van der Waals surface area contributed by atoms with Crippen LogP contribution in [0.25, 0.3) is 0 Å². The summed E-state index contributed by atoms with van der Waals surface area (Å²) in [7, 11) is 0. The molecule has 3 rings (SSSR count). The molecule has 1 aromatic carbocycles. The summed E-state index contributed by atoms with van der Waals surface area (Å²) in [6, 6.07) is 16.3. The minimum atomic E-state index is -0.579. The maximum atomic E-state index is 10.4. The number of aliphatic hydroxyl groups is 1. The monoisotopic (exact) mass is 394 g/mol. The van der Waals surface area contributed by atoms with Crippen molar-refractivity contribution in [1.29, 1.82) is 0 Å². The second kappa shape index (κ2) is 10.8. The Morgan fingerprint density at radius 2 is 2.07 bits per heavy atom. The molecule has 0 aliphatic rings. The number of benzene rings is 1. The van der Waals surface area contributed by atoms with Gasteiger partial charge in [-0.05, 0) is 42.3 Å². The van der Waals surface area contributed by atoms with Crippen molar-refractivity contribution in [2.45, 2.75) is 32.7 Å². The van der Waals surface area contributed by atoms with E-state index in [0.29, 0.717) is 19.7 Å². The second-order valence-electron chi connectivity index (χ2n) is 7.28. The van der Waals surface area contributed by atoms with Crippen LogP contribution in [-0.4, -0.2) is 40.4 Å². The lowest BCUT2D eigenvalue weighted by Crippen LogP contribution is -2.35. The molecule has 5 nitrogen and oxygen atoms in total. The topological polar surface area (TPSA) is 50.8 Å². The molecule has 3 aromatic rings. The Kier molecular flexibility index (Phi) is 7.87. The van der Waals surface area contributed by atoms with E-state index in [2.05, 4.69) is 65.6 Å². The quantitative estimate of drug-likeness (QED) is 0.472. The molecule has 2 aromatic heterocycles. The first-order chi connectivity index (χ1) is 14.2. The highest BCUT2D eigenvalue weighted by molar-refractivity contribution is 5.26. The van der Waals surface area contributed by atoms with Gasteiger partial charge in [-0.3, -0.25) is 4.90 Å². The summed E-state index contributed by atoms with van der Waals surface area (Å²) in [5, 5.41) is 10.4. The molecule has 5 heteroatoms. The molecule has 0 fully saturated rings. The van der Waals surface area contributed by atoms with Crippen molar-refractivity contribution >= 4 is 0 Å². The largest absolute Gasteiger partial charge is 0.467 e. The van der Waals surface area contributed by atoms with Crippen LogP contribution in [0.3, 0.4) is 0 Å². The van der Waals surface area contributed by atoms with Crippen LogP contribution < -0.4 is 0 Å². The van der Waals surface area contributed by atoms with Crippen LogP contribution >= 0.6 is 0 Å². The van der Waals surface area contributed by atoms with Crippen molar-refractivity contribution < 1.29 is 14.3 Å². The lowest BCUT2D eigenvalue weighted by molar-refractivity contribution is 0.00532. The minimum Gasteiger partial charge on any atom is -0.467 e. The minimum absolute atomic E-state index is 0.262. The Labute approximate surface area is 172 Å². The Morgan fingerprint density at radius 3 is 2.83 bits per heavy atom. The molecule has 0 amide bonds. The Balaban J connectivity index is 1.55. The van der Waals surface area contributed by atoms with Gasteiger partial charge in [0.2, 0.25) is 0 Å². The Morgan fingerprint density at radius 1 is 1.21 bits per heavy atom. The van der Waals surface area contributed by atoms with Gasteiger partial charge in [0, 0.05) is 38.1 Å². The fourth-order valence-corrected chi connectivity index (χ4v) is 3.37. The van der Waals surface area contributed by atoms with Gasteiger partial charge >= 0.3 is 0 Å². The molecule has 0 aliphatic carbocycles. The molecular weight excluding hydrogens is 364 g/mol. The summed E-state index contributed by atoms with van der Waals surface area (Å²) in [6.45, 7) is 9.42. The standard InChI is InChI=1S/C24H30N2O3/c1-3-12-25(17-23(27)18-28-19-24-11-7-14-29-24)16-22-10-6-13-26(22)15-21-9-5-4-8-20(21)2/h3-11,13-14,23,27H,1,12,15-19H2,2H3/t23-/m0/s1. The Bertz CT molecular complexity index is 870. The maximum absolute atomic E-state index is 10.4. The maximum Gasteiger partial charge on any atom is 0.129 e. The number of aliphatic hydroxyl groups excluding tert-OH is 1. The van der Waals surface area contributed by atoms with Crippen molar-refractivity contribution in [3.63, 3.8) is 0 Å². The van der Waals surface area contributed by atoms with Gasteiger partial charge < -0.3 is 18.8 Å². The molecule has 1 N–H and O–H groups in total. The number of nitrogens with zero attached hydrogens (tertiary/aromatic N) is 2. The SMILES string of the molecule is C=CCN(Cc1cccn1Cc1ccccc1C)C[C@H](O)COCc1ccco1. The second-order valence-corrected chi connectivity index (χ2v) is 7.28. The summed E-state index contributed by atoms with van der Waals surface area (Å²) in [6.07, 6.45) is 5.01. The molecule has 154 valence electrons. The molecule has 2 heterocycles. The zero-order valence-electron chi connectivity index (χ0n) is 17.0. The third kappa shape index (κ3) is 6.46. The molecule has 0 bridgehead atoms. The molecule has 0 radical (unpaired) electrons. The van der Waals surface area contributed by atoms with Crippen LogP contribution in [0, 0.1) is 6.92 Å². The van der Waals surface area contributed by atoms with Gasteiger partial charge in [-0.1, -0.05) is 30.3 Å². The van der Waals surface area contributed by atoms with E-state index in [-0.39, 0.29) is 6.61 Å². The average Bonchev–Trinajstić information content (AvgIpc) is 3.36. The number of ether oxygens (including phenoxy) is 1. The van der Waals surface area contributed by atoms with Crippen LogP contribution in [-0.2, 0) is 24.4 Å². The zero-order valence-corrected chi connectivity index (χ0v) is 17.0. The third-order valence-electron chi connectivity index (χ3n) is 4.90. The third-order valence-corrected chi connectivity index (χ3v) is 4.90. The van der Waals surface area contributed by atoms with E-state index in [4.69, 9.17) is 9.15 Å². The molecular formula is C24H30N2O3. The molecule has 29 heavy (non-hydrogen) atoms. The summed E-state index contributed by atoms with van der Waals surface area (Å²) in [5.41, 5.74) is 3.81. The number of aromatic nitrogens is 1. The van der Waals surface area contributed by atoms with E-state index in [9.17, 15) is 5.11 Å². The zero-order chi connectivity index (χ0) is 20.5. The first-order valence-corrected chi connectivity index (χ1v) is 9.95. The van der Waals surface area contributed by atoms with Crippen LogP contribution in [0.5, 0.6) is 0 Å². The van der Waals surface area contributed by atoms with E-state index < -0.39 is 6.10 Å². The molecule has 0 aliphatic heterocycles. The fraction of sp³-hybridized carbons (Fsp3) is 0.333. The van der Waals surface area contributed by atoms with Crippen LogP contribution in [0.1, 0.15) is 22.6 Å².